The molecule has 6 nitrogen and oxygen atoms in total. The van der Waals surface area contributed by atoms with Gasteiger partial charge in [0.05, 0.1) is 22.2 Å². The van der Waals surface area contributed by atoms with Gasteiger partial charge in [-0.2, -0.15) is 0 Å². The van der Waals surface area contributed by atoms with E-state index >= 15 is 0 Å². The van der Waals surface area contributed by atoms with Gasteiger partial charge in [-0.05, 0) is 50.5 Å². The van der Waals surface area contributed by atoms with Crippen LogP contribution in [-0.4, -0.2) is 41.0 Å². The van der Waals surface area contributed by atoms with Crippen LogP contribution in [0.2, 0.25) is 0 Å². The Morgan fingerprint density at radius 2 is 1.32 bits per heavy atom. The molecule has 0 radical (unpaired) electrons. The summed E-state index contributed by atoms with van der Waals surface area (Å²) in [6, 6.07) is 17.5. The summed E-state index contributed by atoms with van der Waals surface area (Å²) >= 11 is 0. The first kappa shape index (κ1) is 19.9. The van der Waals surface area contributed by atoms with Crippen molar-refractivity contribution < 1.29 is 23.9 Å². The van der Waals surface area contributed by atoms with Crippen LogP contribution in [-0.2, 0) is 14.3 Å². The van der Waals surface area contributed by atoms with E-state index in [-0.39, 0.29) is 17.6 Å². The predicted octanol–water partition coefficient (Wildman–Crippen LogP) is 3.17. The zero-order valence-corrected chi connectivity index (χ0v) is 17.5. The molecule has 0 aromatic heterocycles. The molecule has 2 bridgehead atoms. The van der Waals surface area contributed by atoms with Gasteiger partial charge in [-0.3, -0.25) is 10.1 Å². The molecule has 2 heterocycles. The number of benzene rings is 2. The zero-order chi connectivity index (χ0) is 21.8. The smallest absolute Gasteiger partial charge is 0.338 e. The first-order valence-electron chi connectivity index (χ1n) is 10.7. The SMILES string of the molecule is CC12NC(C)(C(OC(=O)c3ccccc3)C1OC(=O)c1ccccc1)C1C(=O)CCC12. The lowest BCUT2D eigenvalue weighted by molar-refractivity contribution is -0.129. The van der Waals surface area contributed by atoms with Gasteiger partial charge in [-0.15, -0.1) is 0 Å². The molecule has 6 unspecified atom stereocenters. The Labute approximate surface area is 180 Å². The van der Waals surface area contributed by atoms with Crippen molar-refractivity contribution in [2.24, 2.45) is 11.8 Å². The van der Waals surface area contributed by atoms with Crippen LogP contribution in [0.15, 0.2) is 60.7 Å². The molecule has 2 aromatic rings. The summed E-state index contributed by atoms with van der Waals surface area (Å²) in [7, 11) is 0. The molecule has 2 aromatic carbocycles. The van der Waals surface area contributed by atoms with E-state index in [1.54, 1.807) is 48.5 Å². The lowest BCUT2D eigenvalue weighted by Gasteiger charge is -2.43. The molecule has 1 aliphatic carbocycles. The molecule has 160 valence electrons. The summed E-state index contributed by atoms with van der Waals surface area (Å²) in [5.74, 6) is -1.01. The molecule has 2 saturated heterocycles. The highest BCUT2D eigenvalue weighted by Crippen LogP contribution is 2.59. The van der Waals surface area contributed by atoms with Crippen LogP contribution in [0.1, 0.15) is 47.4 Å². The maximum atomic E-state index is 12.9. The number of carbonyl (C=O) groups excluding carboxylic acids is 3. The summed E-state index contributed by atoms with van der Waals surface area (Å²) in [4.78, 5) is 38.6. The molecular weight excluding hydrogens is 394 g/mol. The highest BCUT2D eigenvalue weighted by Gasteiger charge is 2.76. The summed E-state index contributed by atoms with van der Waals surface area (Å²) in [5, 5.41) is 3.55. The number of Topliss-reactive ketones (excluding diaryl/α,β-unsaturated/α-hetero) is 1. The van der Waals surface area contributed by atoms with E-state index in [1.165, 1.54) is 0 Å². The van der Waals surface area contributed by atoms with Gasteiger partial charge < -0.3 is 9.47 Å². The third kappa shape index (κ3) is 2.92. The summed E-state index contributed by atoms with van der Waals surface area (Å²) in [5.41, 5.74) is -0.593. The maximum Gasteiger partial charge on any atom is 0.338 e. The van der Waals surface area contributed by atoms with Crippen LogP contribution in [0.4, 0.5) is 0 Å². The Hall–Kier alpha value is -2.99. The maximum absolute atomic E-state index is 12.9. The number of hydrogen-bond acceptors (Lipinski definition) is 6. The van der Waals surface area contributed by atoms with E-state index in [1.807, 2.05) is 26.0 Å². The second kappa shape index (κ2) is 7.02. The van der Waals surface area contributed by atoms with Crippen LogP contribution >= 0.6 is 0 Å². The fourth-order valence-corrected chi connectivity index (χ4v) is 6.04. The largest absolute Gasteiger partial charge is 0.453 e. The molecular formula is C25H25NO5. The van der Waals surface area contributed by atoms with Gasteiger partial charge in [-0.1, -0.05) is 36.4 Å². The van der Waals surface area contributed by atoms with Gasteiger partial charge in [0.15, 0.2) is 12.2 Å². The van der Waals surface area contributed by atoms with Crippen LogP contribution in [0, 0.1) is 11.8 Å². The van der Waals surface area contributed by atoms with E-state index in [0.29, 0.717) is 17.5 Å². The number of rotatable bonds is 4. The van der Waals surface area contributed by atoms with Crippen LogP contribution in [0.3, 0.4) is 0 Å². The molecule has 2 aliphatic heterocycles. The lowest BCUT2D eigenvalue weighted by Crippen LogP contribution is -2.59. The molecule has 31 heavy (non-hydrogen) atoms. The quantitative estimate of drug-likeness (QED) is 0.767. The number of ether oxygens (including phenoxy) is 2. The Bertz CT molecular complexity index is 1040. The van der Waals surface area contributed by atoms with E-state index in [0.717, 1.165) is 6.42 Å². The summed E-state index contributed by atoms with van der Waals surface area (Å²) in [6.07, 6.45) is -0.242. The number of fused-ring (bicyclic) bond motifs is 5. The van der Waals surface area contributed by atoms with E-state index in [9.17, 15) is 14.4 Å². The third-order valence-corrected chi connectivity index (χ3v) is 7.35. The molecule has 1 N–H and O–H groups in total. The van der Waals surface area contributed by atoms with Crippen molar-refractivity contribution in [2.75, 3.05) is 0 Å². The van der Waals surface area contributed by atoms with Crippen LogP contribution in [0.5, 0.6) is 0 Å². The molecule has 3 fully saturated rings. The number of carbonyl (C=O) groups is 3. The molecule has 5 rings (SSSR count). The van der Waals surface area contributed by atoms with Gasteiger partial charge >= 0.3 is 11.9 Å². The normalized spacial score (nSPS) is 35.6. The minimum atomic E-state index is -0.793. The van der Waals surface area contributed by atoms with E-state index < -0.39 is 35.2 Å². The van der Waals surface area contributed by atoms with Crippen molar-refractivity contribution in [1.29, 1.82) is 0 Å². The van der Waals surface area contributed by atoms with Gasteiger partial charge in [0.2, 0.25) is 0 Å². The van der Waals surface area contributed by atoms with Gasteiger partial charge in [0.25, 0.3) is 0 Å². The second-order valence-electron chi connectivity index (χ2n) is 9.16. The Morgan fingerprint density at radius 3 is 1.84 bits per heavy atom. The Kier molecular flexibility index (Phi) is 4.52. The standard InChI is InChI=1S/C25H25NO5/c1-24-17-13-14-18(27)19(17)25(2,26-24)21(31-23(29)16-11-7-4-8-12-16)20(24)30-22(28)15-9-5-3-6-10-15/h3-12,17,19-21,26H,13-14H2,1-2H3. The average molecular weight is 419 g/mol. The Morgan fingerprint density at radius 1 is 0.839 bits per heavy atom. The summed E-state index contributed by atoms with van der Waals surface area (Å²) < 4.78 is 12.0. The fourth-order valence-electron chi connectivity index (χ4n) is 6.04. The number of nitrogens with one attached hydrogen (secondary N) is 1. The van der Waals surface area contributed by atoms with Crippen molar-refractivity contribution in [1.82, 2.24) is 5.32 Å². The fraction of sp³-hybridized carbons (Fsp3) is 0.400. The average Bonchev–Trinajstić information content (AvgIpc) is 3.36. The van der Waals surface area contributed by atoms with Gasteiger partial charge in [0, 0.05) is 12.3 Å². The van der Waals surface area contributed by atoms with Crippen molar-refractivity contribution in [2.45, 2.75) is 50.0 Å². The van der Waals surface area contributed by atoms with Crippen molar-refractivity contribution in [3.8, 4) is 0 Å². The molecule has 1 saturated carbocycles. The topological polar surface area (TPSA) is 81.7 Å². The molecule has 0 amide bonds. The third-order valence-electron chi connectivity index (χ3n) is 7.35. The van der Waals surface area contributed by atoms with Crippen molar-refractivity contribution in [3.05, 3.63) is 71.8 Å². The van der Waals surface area contributed by atoms with E-state index in [4.69, 9.17) is 9.47 Å². The first-order valence-corrected chi connectivity index (χ1v) is 10.7. The first-order chi connectivity index (χ1) is 14.8. The molecule has 6 heteroatoms. The monoisotopic (exact) mass is 419 g/mol. The lowest BCUT2D eigenvalue weighted by atomic mass is 9.66. The predicted molar refractivity (Wildman–Crippen MR) is 112 cm³/mol. The van der Waals surface area contributed by atoms with Crippen molar-refractivity contribution in [3.63, 3.8) is 0 Å². The minimum absolute atomic E-state index is 0.0326. The highest BCUT2D eigenvalue weighted by atomic mass is 16.6. The van der Waals surface area contributed by atoms with Gasteiger partial charge in [0.1, 0.15) is 5.78 Å². The second-order valence-corrected chi connectivity index (χ2v) is 9.16. The minimum Gasteiger partial charge on any atom is -0.453 e. The molecule has 6 atom stereocenters. The Balaban J connectivity index is 1.50. The number of ketones is 1. The summed E-state index contributed by atoms with van der Waals surface area (Å²) in [6.45, 7) is 3.90. The number of hydrogen-bond donors (Lipinski definition) is 1. The van der Waals surface area contributed by atoms with Crippen LogP contribution in [0.25, 0.3) is 0 Å². The van der Waals surface area contributed by atoms with Gasteiger partial charge in [-0.25, -0.2) is 9.59 Å². The number of esters is 2. The molecule has 0 spiro atoms. The zero-order valence-electron chi connectivity index (χ0n) is 17.5. The molecule has 3 aliphatic rings. The van der Waals surface area contributed by atoms with E-state index in [2.05, 4.69) is 5.32 Å². The van der Waals surface area contributed by atoms with Crippen molar-refractivity contribution >= 4 is 17.7 Å². The van der Waals surface area contributed by atoms with Crippen LogP contribution < -0.4 is 5.32 Å². The highest BCUT2D eigenvalue weighted by molar-refractivity contribution is 5.91.